The van der Waals surface area contributed by atoms with Gasteiger partial charge in [0, 0.05) is 0 Å². The van der Waals surface area contributed by atoms with Gasteiger partial charge in [-0.1, -0.05) is 32.9 Å². The van der Waals surface area contributed by atoms with Crippen LogP contribution in [-0.4, -0.2) is 25.5 Å². The quantitative estimate of drug-likeness (QED) is 0.604. The summed E-state index contributed by atoms with van der Waals surface area (Å²) in [5.74, 6) is -1.39. The molecule has 0 amide bonds. The predicted octanol–water partition coefficient (Wildman–Crippen LogP) is 3.67. The molecule has 0 rings (SSSR count). The van der Waals surface area contributed by atoms with Gasteiger partial charge in [0.25, 0.3) is 0 Å². The number of carboxylic acid groups (broad SMARTS) is 1. The molecule has 4 heteroatoms. The van der Waals surface area contributed by atoms with Gasteiger partial charge < -0.3 is 9.53 Å². The summed E-state index contributed by atoms with van der Waals surface area (Å²) in [6.45, 7) is 18.0. The van der Waals surface area contributed by atoms with E-state index in [2.05, 4.69) is 40.4 Å². The fraction of sp³-hybridized carbons (Fsp3) is 0.769. The average Bonchev–Trinajstić information content (AvgIpc) is 2.10. The standard InChI is InChI=1S/C13H26O3Si/c1-9(2)11(10(3)12(14)15)16-17(7,8)13(4,5)6/h10-11H,1H2,2-8H3,(H,14,15)/t10-,11+/m0/s1. The highest BCUT2D eigenvalue weighted by atomic mass is 28.4. The minimum Gasteiger partial charge on any atom is -0.481 e. The number of rotatable bonds is 5. The molecular formula is C13H26O3Si. The van der Waals surface area contributed by atoms with E-state index >= 15 is 0 Å². The molecule has 0 aromatic rings. The minimum atomic E-state index is -1.96. The molecule has 0 spiro atoms. The lowest BCUT2D eigenvalue weighted by Crippen LogP contribution is -2.46. The van der Waals surface area contributed by atoms with Crippen LogP contribution in [0.5, 0.6) is 0 Å². The van der Waals surface area contributed by atoms with Gasteiger partial charge in [-0.05, 0) is 32.0 Å². The first-order valence-corrected chi connectivity index (χ1v) is 8.87. The van der Waals surface area contributed by atoms with E-state index in [1.165, 1.54) is 0 Å². The van der Waals surface area contributed by atoms with Gasteiger partial charge in [-0.2, -0.15) is 0 Å². The van der Waals surface area contributed by atoms with Crippen molar-refractivity contribution in [3.05, 3.63) is 12.2 Å². The molecule has 0 aliphatic heterocycles. The van der Waals surface area contributed by atoms with Gasteiger partial charge in [-0.3, -0.25) is 4.79 Å². The van der Waals surface area contributed by atoms with Crippen LogP contribution in [-0.2, 0) is 9.22 Å². The molecule has 0 saturated heterocycles. The predicted molar refractivity (Wildman–Crippen MR) is 73.7 cm³/mol. The topological polar surface area (TPSA) is 46.5 Å². The van der Waals surface area contributed by atoms with Crippen LogP contribution in [0.4, 0.5) is 0 Å². The van der Waals surface area contributed by atoms with Gasteiger partial charge in [0.15, 0.2) is 8.32 Å². The Morgan fingerprint density at radius 1 is 1.35 bits per heavy atom. The molecule has 3 nitrogen and oxygen atoms in total. The highest BCUT2D eigenvalue weighted by Crippen LogP contribution is 2.38. The fourth-order valence-electron chi connectivity index (χ4n) is 1.25. The van der Waals surface area contributed by atoms with Crippen molar-refractivity contribution in [2.24, 2.45) is 5.92 Å². The Morgan fingerprint density at radius 3 is 2.00 bits per heavy atom. The molecule has 0 aliphatic rings. The third-order valence-electron chi connectivity index (χ3n) is 3.56. The second-order valence-corrected chi connectivity index (χ2v) is 11.0. The largest absolute Gasteiger partial charge is 0.481 e. The molecule has 0 unspecified atom stereocenters. The fourth-order valence-corrected chi connectivity index (χ4v) is 2.65. The van der Waals surface area contributed by atoms with Crippen LogP contribution in [0.3, 0.4) is 0 Å². The van der Waals surface area contributed by atoms with Crippen LogP contribution in [0.25, 0.3) is 0 Å². The zero-order chi connectivity index (χ0) is 14.0. The molecule has 0 saturated carbocycles. The van der Waals surface area contributed by atoms with Gasteiger partial charge >= 0.3 is 5.97 Å². The summed E-state index contributed by atoms with van der Waals surface area (Å²) >= 11 is 0. The smallest absolute Gasteiger partial charge is 0.309 e. The Bertz CT molecular complexity index is 302. The molecular weight excluding hydrogens is 232 g/mol. The van der Waals surface area contributed by atoms with Gasteiger partial charge in [0.05, 0.1) is 12.0 Å². The molecule has 0 aliphatic carbocycles. The van der Waals surface area contributed by atoms with Crippen molar-refractivity contribution < 1.29 is 14.3 Å². The summed E-state index contributed by atoms with van der Waals surface area (Å²) in [5.41, 5.74) is 0.782. The van der Waals surface area contributed by atoms with Gasteiger partial charge in [0.1, 0.15) is 0 Å². The van der Waals surface area contributed by atoms with E-state index in [0.717, 1.165) is 5.57 Å². The lowest BCUT2D eigenvalue weighted by Gasteiger charge is -2.40. The lowest BCUT2D eigenvalue weighted by atomic mass is 10.00. The van der Waals surface area contributed by atoms with Crippen molar-refractivity contribution in [2.45, 2.75) is 58.9 Å². The summed E-state index contributed by atoms with van der Waals surface area (Å²) in [5, 5.41) is 9.16. The Balaban J connectivity index is 5.03. The Morgan fingerprint density at radius 2 is 1.76 bits per heavy atom. The van der Waals surface area contributed by atoms with Crippen molar-refractivity contribution in [2.75, 3.05) is 0 Å². The SMILES string of the molecule is C=C(C)[C@@H](O[Si](C)(C)C(C)(C)C)[C@H](C)C(=O)O. The van der Waals surface area contributed by atoms with Gasteiger partial charge in [-0.15, -0.1) is 0 Å². The molecule has 1 N–H and O–H groups in total. The highest BCUT2D eigenvalue weighted by molar-refractivity contribution is 6.74. The van der Waals surface area contributed by atoms with E-state index < -0.39 is 26.3 Å². The third-order valence-corrected chi connectivity index (χ3v) is 8.01. The van der Waals surface area contributed by atoms with E-state index in [1.54, 1.807) is 6.92 Å². The van der Waals surface area contributed by atoms with Crippen molar-refractivity contribution >= 4 is 14.3 Å². The monoisotopic (exact) mass is 258 g/mol. The average molecular weight is 258 g/mol. The van der Waals surface area contributed by atoms with Crippen molar-refractivity contribution in [3.63, 3.8) is 0 Å². The Hall–Kier alpha value is -0.613. The molecule has 0 aromatic heterocycles. The van der Waals surface area contributed by atoms with Crippen molar-refractivity contribution in [1.29, 1.82) is 0 Å². The normalized spacial score (nSPS) is 16.4. The van der Waals surface area contributed by atoms with Crippen LogP contribution in [0.15, 0.2) is 12.2 Å². The molecule has 17 heavy (non-hydrogen) atoms. The number of carboxylic acids is 1. The maximum absolute atomic E-state index is 11.1. The van der Waals surface area contributed by atoms with E-state index in [4.69, 9.17) is 9.53 Å². The van der Waals surface area contributed by atoms with Crippen molar-refractivity contribution in [3.8, 4) is 0 Å². The van der Waals surface area contributed by atoms with E-state index in [9.17, 15) is 4.79 Å². The highest BCUT2D eigenvalue weighted by Gasteiger charge is 2.41. The summed E-state index contributed by atoms with van der Waals surface area (Å²) < 4.78 is 6.15. The van der Waals surface area contributed by atoms with Gasteiger partial charge in [-0.25, -0.2) is 0 Å². The second kappa shape index (κ2) is 5.36. The zero-order valence-electron chi connectivity index (χ0n) is 12.1. The molecule has 0 heterocycles. The lowest BCUT2D eigenvalue weighted by molar-refractivity contribution is -0.143. The number of carbonyl (C=O) groups is 1. The maximum Gasteiger partial charge on any atom is 0.309 e. The summed E-state index contributed by atoms with van der Waals surface area (Å²) in [7, 11) is -1.96. The molecule has 0 aromatic carbocycles. The van der Waals surface area contributed by atoms with Crippen LogP contribution in [0, 0.1) is 5.92 Å². The molecule has 0 fully saturated rings. The van der Waals surface area contributed by atoms with Crippen molar-refractivity contribution in [1.82, 2.24) is 0 Å². The summed E-state index contributed by atoms with van der Waals surface area (Å²) in [4.78, 5) is 11.1. The summed E-state index contributed by atoms with van der Waals surface area (Å²) in [6, 6.07) is 0. The van der Waals surface area contributed by atoms with Gasteiger partial charge in [0.2, 0.25) is 0 Å². The molecule has 2 atom stereocenters. The van der Waals surface area contributed by atoms with Crippen LogP contribution in [0.1, 0.15) is 34.6 Å². The maximum atomic E-state index is 11.1. The third kappa shape index (κ3) is 4.28. The molecule has 100 valence electrons. The zero-order valence-corrected chi connectivity index (χ0v) is 13.1. The first-order valence-electron chi connectivity index (χ1n) is 5.96. The Kier molecular flexibility index (Phi) is 5.16. The second-order valence-electron chi connectivity index (χ2n) is 6.27. The van der Waals surface area contributed by atoms with Crippen LogP contribution < -0.4 is 0 Å². The van der Waals surface area contributed by atoms with Crippen LogP contribution >= 0.6 is 0 Å². The molecule has 0 radical (unpaired) electrons. The minimum absolute atomic E-state index is 0.0684. The molecule has 0 bridgehead atoms. The first-order chi connectivity index (χ1) is 7.40. The Labute approximate surface area is 106 Å². The number of hydrogen-bond acceptors (Lipinski definition) is 2. The number of hydrogen-bond donors (Lipinski definition) is 1. The van der Waals surface area contributed by atoms with E-state index in [-0.39, 0.29) is 5.04 Å². The number of aliphatic carboxylic acids is 1. The van der Waals surface area contributed by atoms with E-state index in [0.29, 0.717) is 0 Å². The van der Waals surface area contributed by atoms with Crippen LogP contribution in [0.2, 0.25) is 18.1 Å². The first kappa shape index (κ1) is 16.4. The van der Waals surface area contributed by atoms with E-state index in [1.807, 2.05) is 6.92 Å². The summed E-state index contributed by atoms with van der Waals surface area (Å²) in [6.07, 6.45) is -0.395.